The number of carbonyl (C=O) groups is 2. The van der Waals surface area contributed by atoms with Crippen LogP contribution in [0.2, 0.25) is 0 Å². The quantitative estimate of drug-likeness (QED) is 0.276. The number of amides is 2. The number of hydrogen-bond donors (Lipinski definition) is 5. The van der Waals surface area contributed by atoms with Gasteiger partial charge in [0, 0.05) is 6.54 Å². The van der Waals surface area contributed by atoms with E-state index in [9.17, 15) is 9.59 Å². The number of alkyl carbamates (subject to hydrolysis) is 1. The third-order valence-corrected chi connectivity index (χ3v) is 4.13. The van der Waals surface area contributed by atoms with Gasteiger partial charge in [0.15, 0.2) is 0 Å². The zero-order valence-corrected chi connectivity index (χ0v) is 19.5. The van der Waals surface area contributed by atoms with Crippen molar-refractivity contribution >= 4 is 12.0 Å². The Morgan fingerprint density at radius 3 is 1.83 bits per heavy atom. The fraction of sp³-hybridized carbons (Fsp3) is 0.905. The number of unbranched alkanes of at least 4 members (excludes halogenated alkanes) is 1. The van der Waals surface area contributed by atoms with Gasteiger partial charge in [-0.1, -0.05) is 20.8 Å². The van der Waals surface area contributed by atoms with Crippen LogP contribution in [0.1, 0.15) is 67.2 Å². The number of hydrogen-bond acceptors (Lipinski definition) is 6. The first-order valence-electron chi connectivity index (χ1n) is 10.9. The second-order valence-corrected chi connectivity index (χ2v) is 9.44. The molecule has 0 unspecified atom stereocenters. The topological polar surface area (TPSA) is 118 Å². The van der Waals surface area contributed by atoms with Crippen LogP contribution in [0.25, 0.3) is 0 Å². The molecule has 0 aliphatic heterocycles. The summed E-state index contributed by atoms with van der Waals surface area (Å²) in [7, 11) is 0. The molecule has 0 aliphatic rings. The SMILES string of the molecule is CC(C)(C)OC(=O)N[C@H](C(=O)NCCCNCCCCNCCCN)C(C)(C)C. The summed E-state index contributed by atoms with van der Waals surface area (Å²) < 4.78 is 5.28. The van der Waals surface area contributed by atoms with Crippen molar-refractivity contribution in [3.05, 3.63) is 0 Å². The summed E-state index contributed by atoms with van der Waals surface area (Å²) in [6, 6.07) is -0.655. The van der Waals surface area contributed by atoms with Crippen LogP contribution in [-0.4, -0.2) is 62.9 Å². The molecule has 0 aromatic heterocycles. The Bertz CT molecular complexity index is 458. The zero-order chi connectivity index (χ0) is 22.3. The molecule has 0 heterocycles. The Labute approximate surface area is 177 Å². The Kier molecular flexibility index (Phi) is 13.9. The van der Waals surface area contributed by atoms with E-state index >= 15 is 0 Å². The van der Waals surface area contributed by atoms with Crippen LogP contribution < -0.4 is 27.0 Å². The molecular formula is C21H45N5O3. The van der Waals surface area contributed by atoms with Crippen molar-refractivity contribution in [1.82, 2.24) is 21.3 Å². The summed E-state index contributed by atoms with van der Waals surface area (Å²) in [6.45, 7) is 16.3. The van der Waals surface area contributed by atoms with Gasteiger partial charge in [0.25, 0.3) is 0 Å². The fourth-order valence-corrected chi connectivity index (χ4v) is 2.60. The third-order valence-electron chi connectivity index (χ3n) is 4.13. The van der Waals surface area contributed by atoms with Crippen LogP contribution in [0.4, 0.5) is 4.79 Å². The molecule has 2 amide bonds. The van der Waals surface area contributed by atoms with Crippen molar-refractivity contribution in [3.63, 3.8) is 0 Å². The first kappa shape index (κ1) is 27.6. The second kappa shape index (κ2) is 14.6. The summed E-state index contributed by atoms with van der Waals surface area (Å²) in [5, 5.41) is 12.4. The lowest BCUT2D eigenvalue weighted by Gasteiger charge is -2.31. The summed E-state index contributed by atoms with van der Waals surface area (Å²) >= 11 is 0. The van der Waals surface area contributed by atoms with Gasteiger partial charge in [0.2, 0.25) is 5.91 Å². The number of nitrogens with one attached hydrogen (secondary N) is 4. The highest BCUT2D eigenvalue weighted by atomic mass is 16.6. The van der Waals surface area contributed by atoms with Gasteiger partial charge in [-0.05, 0) is 84.6 Å². The Morgan fingerprint density at radius 2 is 1.34 bits per heavy atom. The van der Waals surface area contributed by atoms with E-state index in [1.807, 2.05) is 20.8 Å². The molecule has 0 aromatic carbocycles. The predicted molar refractivity (Wildman–Crippen MR) is 119 cm³/mol. The van der Waals surface area contributed by atoms with Crippen LogP contribution in [0.15, 0.2) is 0 Å². The maximum absolute atomic E-state index is 12.6. The molecule has 0 saturated heterocycles. The van der Waals surface area contributed by atoms with Crippen LogP contribution in [-0.2, 0) is 9.53 Å². The van der Waals surface area contributed by atoms with E-state index in [1.54, 1.807) is 20.8 Å². The minimum absolute atomic E-state index is 0.188. The Morgan fingerprint density at radius 1 is 0.828 bits per heavy atom. The molecular weight excluding hydrogens is 370 g/mol. The van der Waals surface area contributed by atoms with Crippen molar-refractivity contribution in [2.24, 2.45) is 11.1 Å². The number of carbonyl (C=O) groups excluding carboxylic acids is 2. The first-order chi connectivity index (χ1) is 13.5. The van der Waals surface area contributed by atoms with Gasteiger partial charge in [0.1, 0.15) is 11.6 Å². The van der Waals surface area contributed by atoms with E-state index in [-0.39, 0.29) is 5.91 Å². The largest absolute Gasteiger partial charge is 0.444 e. The van der Waals surface area contributed by atoms with E-state index in [0.717, 1.165) is 58.4 Å². The molecule has 8 nitrogen and oxygen atoms in total. The van der Waals surface area contributed by atoms with Crippen molar-refractivity contribution in [2.45, 2.75) is 78.9 Å². The Hall–Kier alpha value is -1.38. The lowest BCUT2D eigenvalue weighted by Crippen LogP contribution is -2.54. The maximum Gasteiger partial charge on any atom is 0.408 e. The molecule has 6 N–H and O–H groups in total. The summed E-state index contributed by atoms with van der Waals surface area (Å²) in [6.07, 6.45) is 3.54. The highest BCUT2D eigenvalue weighted by Gasteiger charge is 2.33. The first-order valence-corrected chi connectivity index (χ1v) is 10.9. The van der Waals surface area contributed by atoms with Crippen LogP contribution in [0, 0.1) is 5.41 Å². The lowest BCUT2D eigenvalue weighted by atomic mass is 9.86. The Balaban J connectivity index is 3.99. The normalized spacial score (nSPS) is 13.1. The van der Waals surface area contributed by atoms with E-state index in [1.165, 1.54) is 0 Å². The minimum atomic E-state index is -0.655. The van der Waals surface area contributed by atoms with E-state index < -0.39 is 23.2 Å². The average molecular weight is 416 g/mol. The monoisotopic (exact) mass is 415 g/mol. The van der Waals surface area contributed by atoms with Crippen molar-refractivity contribution in [2.75, 3.05) is 39.3 Å². The van der Waals surface area contributed by atoms with E-state index in [0.29, 0.717) is 6.54 Å². The van der Waals surface area contributed by atoms with Crippen molar-refractivity contribution in [1.29, 1.82) is 0 Å². The van der Waals surface area contributed by atoms with Crippen LogP contribution >= 0.6 is 0 Å². The summed E-state index contributed by atoms with van der Waals surface area (Å²) in [4.78, 5) is 24.6. The minimum Gasteiger partial charge on any atom is -0.444 e. The predicted octanol–water partition coefficient (Wildman–Crippen LogP) is 1.74. The molecule has 8 heteroatoms. The van der Waals surface area contributed by atoms with Gasteiger partial charge >= 0.3 is 6.09 Å². The zero-order valence-electron chi connectivity index (χ0n) is 19.5. The smallest absolute Gasteiger partial charge is 0.408 e. The lowest BCUT2D eigenvalue weighted by molar-refractivity contribution is -0.125. The molecule has 0 aliphatic carbocycles. The van der Waals surface area contributed by atoms with Crippen molar-refractivity contribution < 1.29 is 14.3 Å². The van der Waals surface area contributed by atoms with Gasteiger partial charge in [0.05, 0.1) is 0 Å². The van der Waals surface area contributed by atoms with Gasteiger partial charge < -0.3 is 31.7 Å². The van der Waals surface area contributed by atoms with Gasteiger partial charge in [-0.25, -0.2) is 4.79 Å². The van der Waals surface area contributed by atoms with E-state index in [4.69, 9.17) is 10.5 Å². The summed E-state index contributed by atoms with van der Waals surface area (Å²) in [5.41, 5.74) is 4.43. The summed E-state index contributed by atoms with van der Waals surface area (Å²) in [5.74, 6) is -0.188. The molecule has 0 aromatic rings. The third kappa shape index (κ3) is 16.1. The second-order valence-electron chi connectivity index (χ2n) is 9.44. The van der Waals surface area contributed by atoms with Crippen LogP contribution in [0.3, 0.4) is 0 Å². The molecule has 0 saturated carbocycles. The van der Waals surface area contributed by atoms with Crippen LogP contribution in [0.5, 0.6) is 0 Å². The van der Waals surface area contributed by atoms with Gasteiger partial charge in [-0.3, -0.25) is 4.79 Å². The highest BCUT2D eigenvalue weighted by molar-refractivity contribution is 5.86. The number of ether oxygens (including phenoxy) is 1. The van der Waals surface area contributed by atoms with Crippen molar-refractivity contribution in [3.8, 4) is 0 Å². The fourth-order valence-electron chi connectivity index (χ4n) is 2.60. The molecule has 0 fully saturated rings. The maximum atomic E-state index is 12.6. The van der Waals surface area contributed by atoms with Gasteiger partial charge in [-0.2, -0.15) is 0 Å². The van der Waals surface area contributed by atoms with Gasteiger partial charge in [-0.15, -0.1) is 0 Å². The number of rotatable bonds is 14. The molecule has 0 spiro atoms. The standard InChI is InChI=1S/C21H45N5O3/c1-20(2,3)17(26-19(28)29-21(4,5)6)18(27)25-16-10-15-24-13-8-7-12-23-14-9-11-22/h17,23-24H,7-16,22H2,1-6H3,(H,25,27)(H,26,28)/t17-/m1/s1. The molecule has 29 heavy (non-hydrogen) atoms. The molecule has 0 radical (unpaired) electrons. The molecule has 0 bridgehead atoms. The highest BCUT2D eigenvalue weighted by Crippen LogP contribution is 2.20. The molecule has 172 valence electrons. The average Bonchev–Trinajstić information content (AvgIpc) is 2.58. The number of nitrogens with two attached hydrogens (primary N) is 1. The van der Waals surface area contributed by atoms with E-state index in [2.05, 4.69) is 21.3 Å². The molecule has 0 rings (SSSR count). The molecule has 1 atom stereocenters.